The first-order valence-electron chi connectivity index (χ1n) is 15.1. The Hall–Kier alpha value is -4.77. The molecule has 7 N–H and O–H groups in total. The quantitative estimate of drug-likeness (QED) is 0.126. The van der Waals surface area contributed by atoms with Crippen molar-refractivity contribution >= 4 is 22.6 Å². The second-order valence-electron chi connectivity index (χ2n) is 11.0. The highest BCUT2D eigenvalue weighted by Crippen LogP contribution is 2.18. The molecule has 236 valence electrons. The number of nitrogens with two attached hydrogens (primary N) is 2. The molecule has 1 amide bonds. The van der Waals surface area contributed by atoms with E-state index in [1.54, 1.807) is 30.5 Å². The van der Waals surface area contributed by atoms with Gasteiger partial charge < -0.3 is 36.3 Å². The van der Waals surface area contributed by atoms with Crippen molar-refractivity contribution in [3.05, 3.63) is 126 Å². The lowest BCUT2D eigenvalue weighted by molar-refractivity contribution is -0.139. The van der Waals surface area contributed by atoms with E-state index in [1.165, 1.54) is 16.3 Å². The van der Waals surface area contributed by atoms with E-state index in [0.29, 0.717) is 44.5 Å². The second-order valence-corrected chi connectivity index (χ2v) is 11.0. The first kappa shape index (κ1) is 33.1. The SMILES string of the molecule is Cn1cccc1CNCCCC(NC(=O)c1ccc(C(N)Cc2nccn2C)cc1)C(=O)O.NCc1cccc2ccccc12. The summed E-state index contributed by atoms with van der Waals surface area (Å²) in [6.07, 6.45) is 7.12. The van der Waals surface area contributed by atoms with Gasteiger partial charge in [-0.1, -0.05) is 54.6 Å². The van der Waals surface area contributed by atoms with Crippen LogP contribution < -0.4 is 22.1 Å². The third-order valence-electron chi connectivity index (χ3n) is 7.83. The van der Waals surface area contributed by atoms with Gasteiger partial charge in [-0.25, -0.2) is 9.78 Å². The molecule has 0 spiro atoms. The summed E-state index contributed by atoms with van der Waals surface area (Å²) in [5, 5.41) is 18.0. The van der Waals surface area contributed by atoms with Crippen molar-refractivity contribution in [1.82, 2.24) is 24.8 Å². The lowest BCUT2D eigenvalue weighted by atomic mass is 10.0. The van der Waals surface area contributed by atoms with E-state index in [9.17, 15) is 14.7 Å². The summed E-state index contributed by atoms with van der Waals surface area (Å²) in [4.78, 5) is 28.5. The molecule has 3 aromatic carbocycles. The summed E-state index contributed by atoms with van der Waals surface area (Å²) >= 11 is 0. The number of imidazole rings is 1. The fraction of sp³-hybridized carbons (Fsp3) is 0.286. The molecule has 2 unspecified atom stereocenters. The van der Waals surface area contributed by atoms with E-state index in [-0.39, 0.29) is 6.04 Å². The van der Waals surface area contributed by atoms with E-state index in [1.807, 2.05) is 66.0 Å². The average molecular weight is 610 g/mol. The molecule has 0 saturated carbocycles. The minimum absolute atomic E-state index is 0.252. The van der Waals surface area contributed by atoms with Crippen LogP contribution in [0.25, 0.3) is 10.8 Å². The van der Waals surface area contributed by atoms with Gasteiger partial charge in [0.1, 0.15) is 11.9 Å². The molecule has 5 aromatic rings. The molecule has 5 rings (SSSR count). The number of nitrogens with one attached hydrogen (secondary N) is 2. The maximum absolute atomic E-state index is 12.6. The maximum atomic E-state index is 12.6. The van der Waals surface area contributed by atoms with Gasteiger partial charge >= 0.3 is 5.97 Å². The van der Waals surface area contributed by atoms with Crippen LogP contribution in [0.2, 0.25) is 0 Å². The number of carboxylic acids is 1. The Bertz CT molecular complexity index is 1670. The number of carboxylic acid groups (broad SMARTS) is 1. The molecule has 0 aliphatic heterocycles. The van der Waals surface area contributed by atoms with Gasteiger partial charge in [0, 0.05) is 69.5 Å². The van der Waals surface area contributed by atoms with E-state index in [2.05, 4.69) is 39.9 Å². The lowest BCUT2D eigenvalue weighted by Crippen LogP contribution is -2.41. The summed E-state index contributed by atoms with van der Waals surface area (Å²) in [7, 11) is 3.90. The van der Waals surface area contributed by atoms with Crippen LogP contribution in [0.1, 0.15) is 51.9 Å². The summed E-state index contributed by atoms with van der Waals surface area (Å²) in [5.41, 5.74) is 15.5. The third kappa shape index (κ3) is 9.36. The molecule has 0 saturated heterocycles. The molecule has 0 radical (unpaired) electrons. The molecule has 0 fully saturated rings. The van der Waals surface area contributed by atoms with Gasteiger partial charge in [0.15, 0.2) is 0 Å². The topological polar surface area (TPSA) is 153 Å². The largest absolute Gasteiger partial charge is 0.480 e. The van der Waals surface area contributed by atoms with Crippen LogP contribution >= 0.6 is 0 Å². The number of aryl methyl sites for hydroxylation is 2. The van der Waals surface area contributed by atoms with Crippen LogP contribution in [-0.4, -0.2) is 43.7 Å². The van der Waals surface area contributed by atoms with Crippen molar-refractivity contribution in [2.75, 3.05) is 6.54 Å². The number of amides is 1. The number of aromatic nitrogens is 3. The Morgan fingerprint density at radius 3 is 2.36 bits per heavy atom. The number of hydrogen-bond donors (Lipinski definition) is 5. The number of aliphatic carboxylic acids is 1. The summed E-state index contributed by atoms with van der Waals surface area (Å²) < 4.78 is 3.95. The standard InChI is InChI=1S/C24H32N6O3.C11H11N/c1-29-13-4-5-19(29)16-26-11-3-6-21(24(32)33)28-23(31)18-9-7-17(8-10-18)20(25)15-22-27-12-14-30(22)2;12-8-10-6-3-5-9-4-1-2-7-11(9)10/h4-5,7-10,12-14,20-21,26H,3,6,11,15-16,25H2,1-2H3,(H,28,31)(H,32,33);1-7H,8,12H2. The zero-order valence-electron chi connectivity index (χ0n) is 25.9. The van der Waals surface area contributed by atoms with Gasteiger partial charge in [0.2, 0.25) is 0 Å². The normalized spacial score (nSPS) is 12.3. The predicted molar refractivity (Wildman–Crippen MR) is 177 cm³/mol. The molecule has 10 heteroatoms. The van der Waals surface area contributed by atoms with Crippen molar-refractivity contribution in [3.8, 4) is 0 Å². The monoisotopic (exact) mass is 609 g/mol. The van der Waals surface area contributed by atoms with Gasteiger partial charge in [-0.2, -0.15) is 0 Å². The average Bonchev–Trinajstić information content (AvgIpc) is 3.66. The van der Waals surface area contributed by atoms with Gasteiger partial charge in [-0.3, -0.25) is 4.79 Å². The Labute approximate surface area is 264 Å². The Morgan fingerprint density at radius 2 is 1.69 bits per heavy atom. The number of nitrogens with zero attached hydrogens (tertiary/aromatic N) is 3. The Balaban J connectivity index is 0.000000318. The molecule has 0 aliphatic carbocycles. The second kappa shape index (κ2) is 16.3. The van der Waals surface area contributed by atoms with Crippen LogP contribution in [-0.2, 0) is 38.4 Å². The van der Waals surface area contributed by atoms with Crippen molar-refractivity contribution in [1.29, 1.82) is 0 Å². The molecule has 45 heavy (non-hydrogen) atoms. The van der Waals surface area contributed by atoms with Crippen molar-refractivity contribution in [3.63, 3.8) is 0 Å². The van der Waals surface area contributed by atoms with Gasteiger partial charge in [0.05, 0.1) is 0 Å². The van der Waals surface area contributed by atoms with Gasteiger partial charge in [-0.15, -0.1) is 0 Å². The summed E-state index contributed by atoms with van der Waals surface area (Å²) in [6, 6.07) is 24.3. The number of carbonyl (C=O) groups is 2. The smallest absolute Gasteiger partial charge is 0.326 e. The van der Waals surface area contributed by atoms with E-state index in [4.69, 9.17) is 11.5 Å². The number of hydrogen-bond acceptors (Lipinski definition) is 6. The summed E-state index contributed by atoms with van der Waals surface area (Å²) in [6.45, 7) is 1.98. The molecular weight excluding hydrogens is 566 g/mol. The van der Waals surface area contributed by atoms with Crippen LogP contribution in [0.5, 0.6) is 0 Å². The van der Waals surface area contributed by atoms with Crippen LogP contribution in [0.3, 0.4) is 0 Å². The minimum Gasteiger partial charge on any atom is -0.480 e. The molecule has 2 aromatic heterocycles. The highest BCUT2D eigenvalue weighted by atomic mass is 16.4. The number of fused-ring (bicyclic) bond motifs is 1. The Morgan fingerprint density at radius 1 is 0.933 bits per heavy atom. The minimum atomic E-state index is -1.04. The van der Waals surface area contributed by atoms with Crippen molar-refractivity contribution < 1.29 is 14.7 Å². The van der Waals surface area contributed by atoms with Crippen LogP contribution in [0, 0.1) is 0 Å². The molecule has 2 atom stereocenters. The van der Waals surface area contributed by atoms with Crippen molar-refractivity contribution in [2.24, 2.45) is 25.6 Å². The number of rotatable bonds is 13. The molecular formula is C35H43N7O3. The van der Waals surface area contributed by atoms with Gasteiger partial charge in [-0.05, 0) is 65.6 Å². The van der Waals surface area contributed by atoms with Crippen LogP contribution in [0.4, 0.5) is 0 Å². The maximum Gasteiger partial charge on any atom is 0.326 e. The van der Waals surface area contributed by atoms with Crippen LogP contribution in [0.15, 0.2) is 97.5 Å². The predicted octanol–water partition coefficient (Wildman–Crippen LogP) is 4.05. The fourth-order valence-corrected chi connectivity index (χ4v) is 5.09. The zero-order valence-corrected chi connectivity index (χ0v) is 25.9. The highest BCUT2D eigenvalue weighted by molar-refractivity contribution is 5.96. The molecule has 0 bridgehead atoms. The van der Waals surface area contributed by atoms with Crippen molar-refractivity contribution in [2.45, 2.75) is 44.4 Å². The fourth-order valence-electron chi connectivity index (χ4n) is 5.09. The zero-order chi connectivity index (χ0) is 32.2. The third-order valence-corrected chi connectivity index (χ3v) is 7.83. The Kier molecular flexibility index (Phi) is 12.0. The highest BCUT2D eigenvalue weighted by Gasteiger charge is 2.20. The molecule has 0 aliphatic rings. The van der Waals surface area contributed by atoms with Gasteiger partial charge in [0.25, 0.3) is 5.91 Å². The summed E-state index contributed by atoms with van der Waals surface area (Å²) in [5.74, 6) is -0.574. The van der Waals surface area contributed by atoms with E-state index < -0.39 is 17.9 Å². The first-order chi connectivity index (χ1) is 21.8. The molecule has 2 heterocycles. The molecule has 10 nitrogen and oxygen atoms in total. The number of carbonyl (C=O) groups excluding carboxylic acids is 1. The lowest BCUT2D eigenvalue weighted by Gasteiger charge is -2.16. The number of benzene rings is 3. The first-order valence-corrected chi connectivity index (χ1v) is 15.1. The van der Waals surface area contributed by atoms with E-state index >= 15 is 0 Å². The van der Waals surface area contributed by atoms with E-state index in [0.717, 1.165) is 17.1 Å².